The number of benzene rings is 1. The van der Waals surface area contributed by atoms with E-state index in [9.17, 15) is 9.59 Å². The molecule has 0 bridgehead atoms. The van der Waals surface area contributed by atoms with E-state index in [4.69, 9.17) is 9.47 Å². The summed E-state index contributed by atoms with van der Waals surface area (Å²) >= 11 is 0. The van der Waals surface area contributed by atoms with Gasteiger partial charge in [-0.1, -0.05) is 6.07 Å². The lowest BCUT2D eigenvalue weighted by Crippen LogP contribution is -2.15. The first-order valence-electron chi connectivity index (χ1n) is 9.33. The van der Waals surface area contributed by atoms with Crippen LogP contribution in [0.3, 0.4) is 0 Å². The van der Waals surface area contributed by atoms with Crippen molar-refractivity contribution in [2.75, 3.05) is 24.9 Å². The van der Waals surface area contributed by atoms with E-state index >= 15 is 0 Å². The molecule has 1 aromatic carbocycles. The Kier molecular flexibility index (Phi) is 4.98. The molecule has 3 aromatic rings. The zero-order valence-electron chi connectivity index (χ0n) is 16.5. The molecule has 1 aliphatic rings. The van der Waals surface area contributed by atoms with E-state index < -0.39 is 0 Å². The summed E-state index contributed by atoms with van der Waals surface area (Å²) in [5.74, 6) is 0.990. The molecular weight excluding hydrogens is 374 g/mol. The molecule has 9 nitrogen and oxygen atoms in total. The maximum absolute atomic E-state index is 12.6. The van der Waals surface area contributed by atoms with Gasteiger partial charge in [0.05, 0.1) is 25.1 Å². The first kappa shape index (κ1) is 19.0. The first-order valence-corrected chi connectivity index (χ1v) is 9.33. The number of rotatable bonds is 7. The smallest absolute Gasteiger partial charge is 0.277 e. The maximum Gasteiger partial charge on any atom is 0.277 e. The summed E-state index contributed by atoms with van der Waals surface area (Å²) in [5.41, 5.74) is 2.35. The first-order chi connectivity index (χ1) is 14.0. The Hall–Kier alpha value is -3.33. The van der Waals surface area contributed by atoms with Crippen molar-refractivity contribution < 1.29 is 14.3 Å². The van der Waals surface area contributed by atoms with Crippen molar-refractivity contribution >= 4 is 34.1 Å². The predicted octanol–water partition coefficient (Wildman–Crippen LogP) is 2.51. The molecule has 1 saturated carbocycles. The molecular formula is C20H23N5O4. The average molecular weight is 397 g/mol. The number of methoxy groups -OCH3 is 2. The highest BCUT2D eigenvalue weighted by molar-refractivity contribution is 5.98. The minimum Gasteiger partial charge on any atom is -0.495 e. The number of fused-ring (bicyclic) bond motifs is 1. The van der Waals surface area contributed by atoms with Crippen LogP contribution >= 0.6 is 0 Å². The zero-order valence-corrected chi connectivity index (χ0v) is 16.5. The van der Waals surface area contributed by atoms with E-state index in [-0.39, 0.29) is 17.4 Å². The van der Waals surface area contributed by atoms with Crippen LogP contribution in [0.4, 0.5) is 17.2 Å². The Morgan fingerprint density at radius 1 is 1.28 bits per heavy atom. The molecule has 2 heterocycles. The normalized spacial score (nSPS) is 13.5. The lowest BCUT2D eigenvalue weighted by atomic mass is 10.2. The number of nitrogens with one attached hydrogen (secondary N) is 3. The minimum atomic E-state index is -0.218. The van der Waals surface area contributed by atoms with E-state index in [1.54, 1.807) is 27.3 Å². The fraction of sp³-hybridized carbons (Fsp3) is 0.350. The molecule has 0 atom stereocenters. The van der Waals surface area contributed by atoms with E-state index in [2.05, 4.69) is 20.7 Å². The van der Waals surface area contributed by atoms with E-state index in [1.807, 2.05) is 18.2 Å². The summed E-state index contributed by atoms with van der Waals surface area (Å²) in [6.45, 7) is 0.464. The van der Waals surface area contributed by atoms with Crippen LogP contribution in [-0.4, -0.2) is 34.9 Å². The molecule has 2 aromatic heterocycles. The Morgan fingerprint density at radius 2 is 2.07 bits per heavy atom. The van der Waals surface area contributed by atoms with Gasteiger partial charge in [-0.3, -0.25) is 19.4 Å². The van der Waals surface area contributed by atoms with E-state index in [0.717, 1.165) is 18.4 Å². The van der Waals surface area contributed by atoms with Gasteiger partial charge in [0.25, 0.3) is 5.56 Å². The van der Waals surface area contributed by atoms with Crippen molar-refractivity contribution in [3.8, 4) is 5.75 Å². The maximum atomic E-state index is 12.6. The summed E-state index contributed by atoms with van der Waals surface area (Å²) in [6, 6.07) is 7.31. The highest BCUT2D eigenvalue weighted by Crippen LogP contribution is 2.33. The van der Waals surface area contributed by atoms with Crippen molar-refractivity contribution in [1.82, 2.24) is 14.8 Å². The third-order valence-corrected chi connectivity index (χ3v) is 4.86. The van der Waals surface area contributed by atoms with Gasteiger partial charge in [0.2, 0.25) is 5.91 Å². The second-order valence-corrected chi connectivity index (χ2v) is 7.11. The number of hydrogen-bond donors (Lipinski definition) is 3. The van der Waals surface area contributed by atoms with Gasteiger partial charge in [0.1, 0.15) is 17.0 Å². The van der Waals surface area contributed by atoms with Crippen molar-refractivity contribution in [2.45, 2.75) is 19.4 Å². The van der Waals surface area contributed by atoms with Crippen molar-refractivity contribution in [3.63, 3.8) is 0 Å². The van der Waals surface area contributed by atoms with E-state index in [1.165, 1.54) is 4.68 Å². The van der Waals surface area contributed by atoms with Gasteiger partial charge < -0.3 is 20.1 Å². The van der Waals surface area contributed by atoms with Crippen molar-refractivity contribution in [1.29, 1.82) is 0 Å². The zero-order chi connectivity index (χ0) is 20.5. The number of aromatic amines is 1. The van der Waals surface area contributed by atoms with Crippen molar-refractivity contribution in [3.05, 3.63) is 40.2 Å². The highest BCUT2D eigenvalue weighted by atomic mass is 16.5. The number of H-pyrrole nitrogens is 1. The number of amides is 1. The lowest BCUT2D eigenvalue weighted by Gasteiger charge is -2.14. The monoisotopic (exact) mass is 397 g/mol. The molecule has 9 heteroatoms. The summed E-state index contributed by atoms with van der Waals surface area (Å²) in [4.78, 5) is 29.2. The SMILES string of the molecule is COCc1ccc(Nc2cc(NC(=O)C3CC3)nc3[nH]n(C)c(=O)c23)c(OC)c1. The predicted molar refractivity (Wildman–Crippen MR) is 110 cm³/mol. The standard InChI is InChI=1S/C20H23N5O4/c1-25-20(27)17-14(21-13-7-4-11(10-28-2)8-15(13)29-3)9-16(22-18(17)24-25)23-19(26)12-5-6-12/h4,7-9,12H,5-6,10H2,1-3H3,(H3,21,22,23,24,26). The summed E-state index contributed by atoms with van der Waals surface area (Å²) < 4.78 is 12.0. The molecule has 1 amide bonds. The Balaban J connectivity index is 1.75. The minimum absolute atomic E-state index is 0.0483. The molecule has 0 spiro atoms. The number of nitrogens with zero attached hydrogens (tertiary/aromatic N) is 2. The average Bonchev–Trinajstić information content (AvgIpc) is 3.50. The fourth-order valence-electron chi connectivity index (χ4n) is 3.20. The number of pyridine rings is 1. The lowest BCUT2D eigenvalue weighted by molar-refractivity contribution is -0.117. The van der Waals surface area contributed by atoms with Gasteiger partial charge in [0, 0.05) is 26.1 Å². The number of ether oxygens (including phenoxy) is 2. The number of carbonyl (C=O) groups excluding carboxylic acids is 1. The van der Waals surface area contributed by atoms with E-state index in [0.29, 0.717) is 40.6 Å². The third kappa shape index (κ3) is 3.81. The quantitative estimate of drug-likeness (QED) is 0.565. The third-order valence-electron chi connectivity index (χ3n) is 4.86. The Labute approximate surface area is 167 Å². The van der Waals surface area contributed by atoms with Gasteiger partial charge in [0.15, 0.2) is 5.65 Å². The Morgan fingerprint density at radius 3 is 2.76 bits per heavy atom. The van der Waals surface area contributed by atoms with Crippen LogP contribution < -0.4 is 20.9 Å². The number of carbonyl (C=O) groups is 1. The van der Waals surface area contributed by atoms with Crippen LogP contribution in [0.1, 0.15) is 18.4 Å². The summed E-state index contributed by atoms with van der Waals surface area (Å²) in [6.07, 6.45) is 1.79. The molecule has 0 saturated heterocycles. The molecule has 29 heavy (non-hydrogen) atoms. The topological polar surface area (TPSA) is 110 Å². The van der Waals surface area contributed by atoms with Crippen LogP contribution in [-0.2, 0) is 23.2 Å². The van der Waals surface area contributed by atoms with Gasteiger partial charge >= 0.3 is 0 Å². The molecule has 0 radical (unpaired) electrons. The molecule has 1 aliphatic carbocycles. The molecule has 1 fully saturated rings. The highest BCUT2D eigenvalue weighted by Gasteiger charge is 2.30. The van der Waals surface area contributed by atoms with Crippen LogP contribution in [0.5, 0.6) is 5.75 Å². The number of aromatic nitrogens is 3. The van der Waals surface area contributed by atoms with Gasteiger partial charge in [-0.15, -0.1) is 0 Å². The Bertz CT molecular complexity index is 1130. The fourth-order valence-corrected chi connectivity index (χ4v) is 3.20. The van der Waals surface area contributed by atoms with Crippen molar-refractivity contribution in [2.24, 2.45) is 13.0 Å². The van der Waals surface area contributed by atoms with Crippen LogP contribution in [0.2, 0.25) is 0 Å². The summed E-state index contributed by atoms with van der Waals surface area (Å²) in [7, 11) is 4.83. The summed E-state index contributed by atoms with van der Waals surface area (Å²) in [5, 5.41) is 9.42. The van der Waals surface area contributed by atoms with Crippen LogP contribution in [0.15, 0.2) is 29.1 Å². The van der Waals surface area contributed by atoms with Crippen LogP contribution in [0, 0.1) is 5.92 Å². The molecule has 152 valence electrons. The largest absolute Gasteiger partial charge is 0.495 e. The second kappa shape index (κ2) is 7.59. The van der Waals surface area contributed by atoms with Crippen LogP contribution in [0.25, 0.3) is 11.0 Å². The molecule has 0 unspecified atom stereocenters. The number of hydrogen-bond acceptors (Lipinski definition) is 6. The molecule has 4 rings (SSSR count). The van der Waals surface area contributed by atoms with Gasteiger partial charge in [-0.05, 0) is 30.5 Å². The van der Waals surface area contributed by atoms with Gasteiger partial charge in [-0.25, -0.2) is 4.98 Å². The number of anilines is 3. The molecule has 3 N–H and O–H groups in total. The number of aryl methyl sites for hydroxylation is 1. The second-order valence-electron chi connectivity index (χ2n) is 7.11. The van der Waals surface area contributed by atoms with Gasteiger partial charge in [-0.2, -0.15) is 0 Å². The molecule has 0 aliphatic heterocycles.